The molecular formula is C19H24N2O3S. The Morgan fingerprint density at radius 2 is 1.72 bits per heavy atom. The van der Waals surface area contributed by atoms with Crippen molar-refractivity contribution in [2.24, 2.45) is 0 Å². The lowest BCUT2D eigenvalue weighted by Gasteiger charge is -2.14. The normalized spacial score (nSPS) is 10.0. The summed E-state index contributed by atoms with van der Waals surface area (Å²) in [4.78, 5) is 0. The van der Waals surface area contributed by atoms with Crippen LogP contribution in [0.15, 0.2) is 42.5 Å². The van der Waals surface area contributed by atoms with Gasteiger partial charge in [0, 0.05) is 12.6 Å². The van der Waals surface area contributed by atoms with Gasteiger partial charge in [0.2, 0.25) is 0 Å². The van der Waals surface area contributed by atoms with E-state index in [9.17, 15) is 0 Å². The first-order valence-electron chi connectivity index (χ1n) is 8.06. The zero-order valence-electron chi connectivity index (χ0n) is 14.8. The fraction of sp³-hybridized carbons (Fsp3) is 0.316. The molecule has 2 N–H and O–H groups in total. The molecule has 2 rings (SSSR count). The van der Waals surface area contributed by atoms with Gasteiger partial charge in [-0.05, 0) is 48.8 Å². The van der Waals surface area contributed by atoms with Crippen molar-refractivity contribution < 1.29 is 14.2 Å². The minimum absolute atomic E-state index is 0.559. The molecule has 2 aromatic carbocycles. The van der Waals surface area contributed by atoms with E-state index >= 15 is 0 Å². The Balaban J connectivity index is 1.81. The second-order valence-electron chi connectivity index (χ2n) is 5.36. The summed E-state index contributed by atoms with van der Waals surface area (Å²) < 4.78 is 15.9. The fourth-order valence-corrected chi connectivity index (χ4v) is 2.67. The summed E-state index contributed by atoms with van der Waals surface area (Å²) in [6, 6.07) is 13.6. The first-order chi connectivity index (χ1) is 12.2. The predicted octanol–water partition coefficient (Wildman–Crippen LogP) is 3.63. The highest BCUT2D eigenvalue weighted by atomic mass is 32.1. The molecule has 0 amide bonds. The van der Waals surface area contributed by atoms with Gasteiger partial charge >= 0.3 is 0 Å². The molecule has 0 atom stereocenters. The number of ether oxygens (including phenoxy) is 3. The molecule has 25 heavy (non-hydrogen) atoms. The van der Waals surface area contributed by atoms with Crippen LogP contribution < -0.4 is 24.8 Å². The molecule has 5 nitrogen and oxygen atoms in total. The molecule has 134 valence electrons. The number of rotatable bonds is 8. The van der Waals surface area contributed by atoms with Crippen molar-refractivity contribution in [2.45, 2.75) is 12.8 Å². The van der Waals surface area contributed by atoms with E-state index in [1.54, 1.807) is 21.3 Å². The molecule has 0 aliphatic carbocycles. The van der Waals surface area contributed by atoms with Crippen LogP contribution in [0.4, 0.5) is 5.69 Å². The molecule has 0 saturated heterocycles. The molecule has 0 aliphatic heterocycles. The Morgan fingerprint density at radius 3 is 2.44 bits per heavy atom. The quantitative estimate of drug-likeness (QED) is 0.554. The Morgan fingerprint density at radius 1 is 0.960 bits per heavy atom. The van der Waals surface area contributed by atoms with Gasteiger partial charge in [-0.3, -0.25) is 0 Å². The third-order valence-electron chi connectivity index (χ3n) is 3.76. The van der Waals surface area contributed by atoms with E-state index < -0.39 is 0 Å². The van der Waals surface area contributed by atoms with Gasteiger partial charge in [0.25, 0.3) is 0 Å². The molecule has 0 fully saturated rings. The van der Waals surface area contributed by atoms with E-state index in [0.717, 1.165) is 36.6 Å². The summed E-state index contributed by atoms with van der Waals surface area (Å²) in [6.45, 7) is 0.766. The van der Waals surface area contributed by atoms with Crippen molar-refractivity contribution in [3.05, 3.63) is 48.0 Å². The summed E-state index contributed by atoms with van der Waals surface area (Å²) >= 11 is 5.35. The largest absolute Gasteiger partial charge is 0.497 e. The zero-order valence-corrected chi connectivity index (χ0v) is 15.6. The zero-order chi connectivity index (χ0) is 18.1. The second kappa shape index (κ2) is 9.74. The summed E-state index contributed by atoms with van der Waals surface area (Å²) in [5, 5.41) is 6.92. The molecule has 2 aromatic rings. The Kier molecular flexibility index (Phi) is 7.35. The minimum Gasteiger partial charge on any atom is -0.497 e. The molecular weight excluding hydrogens is 336 g/mol. The lowest BCUT2D eigenvalue weighted by molar-refractivity contribution is 0.395. The highest BCUT2D eigenvalue weighted by molar-refractivity contribution is 7.80. The number of aryl methyl sites for hydroxylation is 1. The van der Waals surface area contributed by atoms with Crippen molar-refractivity contribution in [1.82, 2.24) is 5.32 Å². The number of para-hydroxylation sites is 1. The van der Waals surface area contributed by atoms with Gasteiger partial charge in [-0.2, -0.15) is 0 Å². The van der Waals surface area contributed by atoms with Crippen LogP contribution in [0.3, 0.4) is 0 Å². The molecule has 0 bridgehead atoms. The average molecular weight is 360 g/mol. The molecule has 6 heteroatoms. The number of nitrogens with one attached hydrogen (secondary N) is 2. The maximum atomic E-state index is 5.36. The standard InChI is InChI=1S/C19H24N2O3S/c1-22-15-10-11-16(18(13-15)24-3)21-19(25)20-12-6-8-14-7-4-5-9-17(14)23-2/h4-5,7,9-11,13H,6,8,12H2,1-3H3,(H2,20,21,25). The maximum absolute atomic E-state index is 5.36. The molecule has 0 unspecified atom stereocenters. The van der Waals surface area contributed by atoms with Crippen LogP contribution in [0.25, 0.3) is 0 Å². The van der Waals surface area contributed by atoms with E-state index in [1.165, 1.54) is 5.56 Å². The highest BCUT2D eigenvalue weighted by Crippen LogP contribution is 2.28. The third-order valence-corrected chi connectivity index (χ3v) is 4.00. The van der Waals surface area contributed by atoms with Crippen molar-refractivity contribution in [1.29, 1.82) is 0 Å². The van der Waals surface area contributed by atoms with E-state index in [2.05, 4.69) is 16.7 Å². The van der Waals surface area contributed by atoms with Crippen LogP contribution in [-0.4, -0.2) is 33.0 Å². The van der Waals surface area contributed by atoms with E-state index in [1.807, 2.05) is 36.4 Å². The third kappa shape index (κ3) is 5.53. The first-order valence-corrected chi connectivity index (χ1v) is 8.47. The van der Waals surface area contributed by atoms with Gasteiger partial charge in [-0.15, -0.1) is 0 Å². The van der Waals surface area contributed by atoms with Crippen LogP contribution in [0.5, 0.6) is 17.2 Å². The van der Waals surface area contributed by atoms with Gasteiger partial charge < -0.3 is 24.8 Å². The van der Waals surface area contributed by atoms with Crippen molar-refractivity contribution >= 4 is 23.0 Å². The van der Waals surface area contributed by atoms with Gasteiger partial charge in [0.1, 0.15) is 17.2 Å². The molecule has 0 heterocycles. The van der Waals surface area contributed by atoms with E-state index in [4.69, 9.17) is 26.4 Å². The number of thiocarbonyl (C=S) groups is 1. The maximum Gasteiger partial charge on any atom is 0.170 e. The second-order valence-corrected chi connectivity index (χ2v) is 5.77. The van der Waals surface area contributed by atoms with Crippen LogP contribution in [-0.2, 0) is 6.42 Å². The van der Waals surface area contributed by atoms with Crippen molar-refractivity contribution in [3.63, 3.8) is 0 Å². The molecule has 0 saturated carbocycles. The Bertz CT molecular complexity index is 707. The highest BCUT2D eigenvalue weighted by Gasteiger charge is 2.07. The van der Waals surface area contributed by atoms with Gasteiger partial charge in [-0.25, -0.2) is 0 Å². The first kappa shape index (κ1) is 18.9. The predicted molar refractivity (Wildman–Crippen MR) is 105 cm³/mol. The van der Waals surface area contributed by atoms with Crippen LogP contribution in [0.2, 0.25) is 0 Å². The SMILES string of the molecule is COc1ccc(NC(=S)NCCCc2ccccc2OC)c(OC)c1. The topological polar surface area (TPSA) is 51.8 Å². The Hall–Kier alpha value is -2.47. The molecule has 0 radical (unpaired) electrons. The number of anilines is 1. The minimum atomic E-state index is 0.559. The molecule has 0 spiro atoms. The summed E-state index contributed by atoms with van der Waals surface area (Å²) in [5.74, 6) is 2.33. The Labute approximate surface area is 154 Å². The lowest BCUT2D eigenvalue weighted by atomic mass is 10.1. The van der Waals surface area contributed by atoms with Crippen molar-refractivity contribution in [2.75, 3.05) is 33.2 Å². The smallest absolute Gasteiger partial charge is 0.170 e. The van der Waals surface area contributed by atoms with Gasteiger partial charge in [0.15, 0.2) is 5.11 Å². The average Bonchev–Trinajstić information content (AvgIpc) is 2.65. The van der Waals surface area contributed by atoms with E-state index in [0.29, 0.717) is 10.9 Å². The van der Waals surface area contributed by atoms with Gasteiger partial charge in [0.05, 0.1) is 27.0 Å². The molecule has 0 aromatic heterocycles. The van der Waals surface area contributed by atoms with Gasteiger partial charge in [-0.1, -0.05) is 18.2 Å². The number of hydrogen-bond donors (Lipinski definition) is 2. The monoisotopic (exact) mass is 360 g/mol. The number of benzene rings is 2. The lowest BCUT2D eigenvalue weighted by Crippen LogP contribution is -2.29. The summed E-state index contributed by atoms with van der Waals surface area (Å²) in [5.41, 5.74) is 1.99. The number of hydrogen-bond acceptors (Lipinski definition) is 4. The van der Waals surface area contributed by atoms with Crippen LogP contribution in [0.1, 0.15) is 12.0 Å². The van der Waals surface area contributed by atoms with E-state index in [-0.39, 0.29) is 0 Å². The summed E-state index contributed by atoms with van der Waals surface area (Å²) in [6.07, 6.45) is 1.87. The molecule has 0 aliphatic rings. The fourth-order valence-electron chi connectivity index (χ4n) is 2.46. The summed E-state index contributed by atoms with van der Waals surface area (Å²) in [7, 11) is 4.93. The van der Waals surface area contributed by atoms with Crippen LogP contribution >= 0.6 is 12.2 Å². The van der Waals surface area contributed by atoms with Crippen LogP contribution in [0, 0.1) is 0 Å². The van der Waals surface area contributed by atoms with Crippen molar-refractivity contribution in [3.8, 4) is 17.2 Å². The number of methoxy groups -OCH3 is 3.